The molecule has 1 aromatic rings. The van der Waals surface area contributed by atoms with Crippen LogP contribution in [0.25, 0.3) is 0 Å². The molecule has 0 saturated heterocycles. The predicted octanol–water partition coefficient (Wildman–Crippen LogP) is 1.68. The van der Waals surface area contributed by atoms with E-state index in [4.69, 9.17) is 16.7 Å². The first kappa shape index (κ1) is 10.7. The number of ketones is 1. The molecule has 1 aromatic carbocycles. The fraction of sp³-hybridized carbons (Fsp3) is 0.111. The third kappa shape index (κ3) is 2.29. The van der Waals surface area contributed by atoms with Gasteiger partial charge in [-0.05, 0) is 12.1 Å². The van der Waals surface area contributed by atoms with E-state index in [1.807, 2.05) is 0 Å². The Morgan fingerprint density at radius 3 is 2.57 bits per heavy atom. The van der Waals surface area contributed by atoms with Crippen molar-refractivity contribution < 1.29 is 19.1 Å². The molecule has 0 aromatic heterocycles. The molecule has 0 amide bonds. The average Bonchev–Trinajstić information content (AvgIpc) is 2.11. The summed E-state index contributed by atoms with van der Waals surface area (Å²) in [6.07, 6.45) is -0.527. The van der Waals surface area contributed by atoms with Gasteiger partial charge in [0, 0.05) is 17.0 Å². The second-order valence-electron chi connectivity index (χ2n) is 2.61. The Morgan fingerprint density at radius 2 is 2.07 bits per heavy atom. The molecule has 0 radical (unpaired) electrons. The van der Waals surface area contributed by atoms with Crippen molar-refractivity contribution >= 4 is 23.4 Å². The van der Waals surface area contributed by atoms with Gasteiger partial charge in [-0.2, -0.15) is 0 Å². The molecule has 74 valence electrons. The molecule has 0 saturated carbocycles. The van der Waals surface area contributed by atoms with Gasteiger partial charge in [-0.15, -0.1) is 0 Å². The van der Waals surface area contributed by atoms with Crippen LogP contribution in [-0.4, -0.2) is 16.9 Å². The zero-order chi connectivity index (χ0) is 10.7. The van der Waals surface area contributed by atoms with Crippen LogP contribution in [0.1, 0.15) is 5.56 Å². The minimum atomic E-state index is -1.59. The monoisotopic (exact) mass is 216 g/mol. The molecule has 3 nitrogen and oxygen atoms in total. The highest BCUT2D eigenvalue weighted by atomic mass is 35.5. The molecule has 1 N–H and O–H groups in total. The van der Waals surface area contributed by atoms with E-state index in [9.17, 15) is 14.0 Å². The maximum atomic E-state index is 13.0. The van der Waals surface area contributed by atoms with Crippen molar-refractivity contribution in [2.75, 3.05) is 0 Å². The van der Waals surface area contributed by atoms with Gasteiger partial charge in [-0.3, -0.25) is 4.79 Å². The summed E-state index contributed by atoms with van der Waals surface area (Å²) in [6, 6.07) is 3.90. The number of carboxylic acids is 1. The number of Topliss-reactive ketones (excluding diaryl/α,β-unsaturated/α-hetero) is 1. The summed E-state index contributed by atoms with van der Waals surface area (Å²) in [4.78, 5) is 21.0. The molecule has 5 heteroatoms. The second kappa shape index (κ2) is 4.19. The molecule has 0 spiro atoms. The summed E-state index contributed by atoms with van der Waals surface area (Å²) in [5.74, 6) is -3.35. The van der Waals surface area contributed by atoms with Gasteiger partial charge in [0.1, 0.15) is 5.82 Å². The number of benzene rings is 1. The number of hydrogen-bond acceptors (Lipinski definition) is 2. The highest BCUT2D eigenvalue weighted by Crippen LogP contribution is 2.19. The van der Waals surface area contributed by atoms with Crippen LogP contribution >= 0.6 is 11.6 Å². The molecule has 0 aliphatic carbocycles. The van der Waals surface area contributed by atoms with Gasteiger partial charge in [0.15, 0.2) is 0 Å². The lowest BCUT2D eigenvalue weighted by Crippen LogP contribution is -2.16. The number of hydrogen-bond donors (Lipinski definition) is 1. The zero-order valence-corrected chi connectivity index (χ0v) is 7.71. The van der Waals surface area contributed by atoms with Gasteiger partial charge >= 0.3 is 5.97 Å². The molecular formula is C9H6ClFO3. The van der Waals surface area contributed by atoms with E-state index in [2.05, 4.69) is 0 Å². The van der Waals surface area contributed by atoms with Crippen LogP contribution in [0.15, 0.2) is 18.2 Å². The molecule has 0 unspecified atom stereocenters. The second-order valence-corrected chi connectivity index (χ2v) is 3.01. The first-order valence-electron chi connectivity index (χ1n) is 3.71. The quantitative estimate of drug-likeness (QED) is 0.782. The van der Waals surface area contributed by atoms with E-state index in [0.717, 1.165) is 6.07 Å². The predicted molar refractivity (Wildman–Crippen MR) is 47.8 cm³/mol. The van der Waals surface area contributed by atoms with E-state index in [-0.39, 0.29) is 10.6 Å². The number of aliphatic carboxylic acids is 1. The van der Waals surface area contributed by atoms with Crippen molar-refractivity contribution in [3.63, 3.8) is 0 Å². The van der Waals surface area contributed by atoms with E-state index in [0.29, 0.717) is 0 Å². The van der Waals surface area contributed by atoms with E-state index >= 15 is 0 Å². The summed E-state index contributed by atoms with van der Waals surface area (Å²) in [5, 5.41) is 8.37. The number of carbonyl (C=O) groups excluding carboxylic acids is 1. The summed E-state index contributed by atoms with van der Waals surface area (Å²) in [6.45, 7) is 0. The molecule has 1 rings (SSSR count). The Hall–Kier alpha value is -1.42. The highest BCUT2D eigenvalue weighted by Gasteiger charge is 2.16. The average molecular weight is 217 g/mol. The molecule has 0 aliphatic heterocycles. The largest absolute Gasteiger partial charge is 0.475 e. The lowest BCUT2D eigenvalue weighted by molar-refractivity contribution is -0.148. The zero-order valence-electron chi connectivity index (χ0n) is 6.96. The fourth-order valence-corrected chi connectivity index (χ4v) is 1.17. The number of carboxylic acid groups (broad SMARTS) is 1. The van der Waals surface area contributed by atoms with Gasteiger partial charge in [0.25, 0.3) is 0 Å². The highest BCUT2D eigenvalue weighted by molar-refractivity contribution is 6.35. The Bertz CT molecular complexity index is 369. The standard InChI is InChI=1S/C9H6ClFO3/c10-6-2-1-3-7(11)5(6)4-8(12)9(13)14/h1-3H,4H2,(H,13,14). The van der Waals surface area contributed by atoms with Gasteiger partial charge < -0.3 is 5.11 Å². The van der Waals surface area contributed by atoms with Crippen molar-refractivity contribution in [3.8, 4) is 0 Å². The van der Waals surface area contributed by atoms with Crippen LogP contribution in [0, 0.1) is 5.82 Å². The molecular weight excluding hydrogens is 211 g/mol. The van der Waals surface area contributed by atoms with Crippen LogP contribution in [-0.2, 0) is 16.0 Å². The molecule has 0 atom stereocenters. The number of halogens is 2. The summed E-state index contributed by atoms with van der Waals surface area (Å²) < 4.78 is 13.0. The minimum absolute atomic E-state index is 0.0552. The van der Waals surface area contributed by atoms with Crippen LogP contribution in [0.4, 0.5) is 4.39 Å². The molecule has 0 aliphatic rings. The third-order valence-electron chi connectivity index (χ3n) is 1.64. The summed E-state index contributed by atoms with van der Waals surface area (Å²) >= 11 is 5.59. The van der Waals surface area contributed by atoms with E-state index < -0.39 is 24.0 Å². The Kier molecular flexibility index (Phi) is 3.19. The first-order valence-corrected chi connectivity index (χ1v) is 4.09. The number of rotatable bonds is 3. The smallest absolute Gasteiger partial charge is 0.372 e. The van der Waals surface area contributed by atoms with Gasteiger partial charge in [-0.25, -0.2) is 9.18 Å². The maximum absolute atomic E-state index is 13.0. The SMILES string of the molecule is O=C(O)C(=O)Cc1c(F)cccc1Cl. The van der Waals surface area contributed by atoms with E-state index in [1.54, 1.807) is 0 Å². The third-order valence-corrected chi connectivity index (χ3v) is 1.99. The van der Waals surface area contributed by atoms with Gasteiger partial charge in [0.2, 0.25) is 5.78 Å². The van der Waals surface area contributed by atoms with Crippen LogP contribution in [0.5, 0.6) is 0 Å². The molecule has 0 heterocycles. The normalized spacial score (nSPS) is 9.86. The summed E-state index contributed by atoms with van der Waals surface area (Å²) in [7, 11) is 0. The first-order chi connectivity index (χ1) is 6.52. The van der Waals surface area contributed by atoms with Crippen molar-refractivity contribution in [1.82, 2.24) is 0 Å². The van der Waals surface area contributed by atoms with Gasteiger partial charge in [-0.1, -0.05) is 17.7 Å². The van der Waals surface area contributed by atoms with Crippen LogP contribution in [0.3, 0.4) is 0 Å². The topological polar surface area (TPSA) is 54.4 Å². The lowest BCUT2D eigenvalue weighted by atomic mass is 10.1. The summed E-state index contributed by atoms with van der Waals surface area (Å²) in [5.41, 5.74) is -0.0819. The molecule has 14 heavy (non-hydrogen) atoms. The van der Waals surface area contributed by atoms with E-state index in [1.165, 1.54) is 12.1 Å². The maximum Gasteiger partial charge on any atom is 0.372 e. The van der Waals surface area contributed by atoms with Crippen LogP contribution < -0.4 is 0 Å². The van der Waals surface area contributed by atoms with Gasteiger partial charge in [0.05, 0.1) is 0 Å². The Morgan fingerprint density at radius 1 is 1.43 bits per heavy atom. The van der Waals surface area contributed by atoms with Crippen molar-refractivity contribution in [1.29, 1.82) is 0 Å². The Labute approximate surface area is 84.1 Å². The van der Waals surface area contributed by atoms with Crippen molar-refractivity contribution in [2.24, 2.45) is 0 Å². The molecule has 0 fully saturated rings. The lowest BCUT2D eigenvalue weighted by Gasteiger charge is -2.02. The minimum Gasteiger partial charge on any atom is -0.475 e. The van der Waals surface area contributed by atoms with Crippen molar-refractivity contribution in [3.05, 3.63) is 34.6 Å². The number of carbonyl (C=O) groups is 2. The Balaban J connectivity index is 2.97. The molecule has 0 bridgehead atoms. The fourth-order valence-electron chi connectivity index (χ4n) is 0.937. The van der Waals surface area contributed by atoms with Crippen molar-refractivity contribution in [2.45, 2.75) is 6.42 Å². The van der Waals surface area contributed by atoms with Crippen LogP contribution in [0.2, 0.25) is 5.02 Å².